The number of rotatable bonds is 11. The van der Waals surface area contributed by atoms with E-state index in [1.807, 2.05) is 65.8 Å². The monoisotopic (exact) mass is 486 g/mol. The lowest BCUT2D eigenvalue weighted by Crippen LogP contribution is -2.52. The molecule has 7 heteroatoms. The van der Waals surface area contributed by atoms with Gasteiger partial charge in [-0.1, -0.05) is 69.7 Å². The first-order valence-electron chi connectivity index (χ1n) is 12.1. The third-order valence-corrected chi connectivity index (χ3v) is 5.66. The number of cyclic esters (lactones) is 1. The van der Waals surface area contributed by atoms with Crippen LogP contribution in [0.5, 0.6) is 0 Å². The van der Waals surface area contributed by atoms with Crippen LogP contribution < -0.4 is 10.6 Å². The first kappa shape index (κ1) is 30.1. The summed E-state index contributed by atoms with van der Waals surface area (Å²) >= 11 is 0. The van der Waals surface area contributed by atoms with Crippen molar-refractivity contribution in [1.82, 2.24) is 10.6 Å². The van der Waals surface area contributed by atoms with Gasteiger partial charge in [-0.25, -0.2) is 4.79 Å². The molecule has 0 aromatic heterocycles. The molecule has 0 aromatic carbocycles. The van der Waals surface area contributed by atoms with E-state index in [0.717, 1.165) is 5.57 Å². The Kier molecular flexibility index (Phi) is 12.4. The summed E-state index contributed by atoms with van der Waals surface area (Å²) in [6, 6.07) is -0.753. The highest BCUT2D eigenvalue weighted by molar-refractivity contribution is 5.93. The molecule has 0 aromatic rings. The van der Waals surface area contributed by atoms with Crippen molar-refractivity contribution >= 4 is 17.8 Å². The van der Waals surface area contributed by atoms with Crippen LogP contribution in [0.15, 0.2) is 59.9 Å². The third-order valence-electron chi connectivity index (χ3n) is 5.66. The van der Waals surface area contributed by atoms with Gasteiger partial charge >= 0.3 is 5.97 Å². The predicted molar refractivity (Wildman–Crippen MR) is 139 cm³/mol. The van der Waals surface area contributed by atoms with Crippen LogP contribution in [0.1, 0.15) is 67.7 Å². The molecule has 0 bridgehead atoms. The maximum Gasteiger partial charge on any atom is 0.333 e. The average Bonchev–Trinajstić information content (AvgIpc) is 2.78. The molecule has 2 amide bonds. The van der Waals surface area contributed by atoms with E-state index in [1.54, 1.807) is 19.1 Å². The van der Waals surface area contributed by atoms with Gasteiger partial charge in [0.25, 0.3) is 0 Å². The zero-order valence-corrected chi connectivity index (χ0v) is 22.1. The van der Waals surface area contributed by atoms with Crippen LogP contribution >= 0.6 is 0 Å². The number of aliphatic hydroxyl groups excluding tert-OH is 1. The zero-order valence-electron chi connectivity index (χ0n) is 22.1. The van der Waals surface area contributed by atoms with Gasteiger partial charge in [0.1, 0.15) is 12.1 Å². The molecule has 3 N–H and O–H groups in total. The normalized spacial score (nSPS) is 20.0. The van der Waals surface area contributed by atoms with Crippen molar-refractivity contribution in [3.8, 4) is 0 Å². The second-order valence-corrected chi connectivity index (χ2v) is 10.1. The van der Waals surface area contributed by atoms with Crippen molar-refractivity contribution in [2.45, 2.75) is 86.0 Å². The highest BCUT2D eigenvalue weighted by Gasteiger charge is 2.32. The van der Waals surface area contributed by atoms with Crippen molar-refractivity contribution in [3.05, 3.63) is 59.9 Å². The molecule has 1 aliphatic rings. The predicted octanol–water partition coefficient (Wildman–Crippen LogP) is 4.26. The molecule has 4 atom stereocenters. The first-order chi connectivity index (χ1) is 16.3. The Morgan fingerprint density at radius 1 is 1.23 bits per heavy atom. The van der Waals surface area contributed by atoms with Gasteiger partial charge in [-0.05, 0) is 45.2 Å². The lowest BCUT2D eigenvalue weighted by atomic mass is 9.86. The molecule has 0 saturated heterocycles. The topological polar surface area (TPSA) is 105 Å². The molecule has 1 rings (SSSR count). The molecular formula is C28H42N2O5. The summed E-state index contributed by atoms with van der Waals surface area (Å²) in [5.74, 6) is -1.01. The molecule has 0 radical (unpaired) electrons. The summed E-state index contributed by atoms with van der Waals surface area (Å²) < 4.78 is 5.45. The summed E-state index contributed by atoms with van der Waals surface area (Å²) in [7, 11) is 0. The number of aliphatic hydroxyl groups is 1. The van der Waals surface area contributed by atoms with E-state index in [9.17, 15) is 19.5 Å². The lowest BCUT2D eigenvalue weighted by molar-refractivity contribution is -0.147. The molecular weight excluding hydrogens is 444 g/mol. The van der Waals surface area contributed by atoms with E-state index in [-0.39, 0.29) is 29.8 Å². The fourth-order valence-electron chi connectivity index (χ4n) is 3.47. The minimum absolute atomic E-state index is 0.00703. The van der Waals surface area contributed by atoms with E-state index in [2.05, 4.69) is 10.6 Å². The molecule has 35 heavy (non-hydrogen) atoms. The molecule has 1 heterocycles. The average molecular weight is 487 g/mol. The Labute approximate surface area is 210 Å². The van der Waals surface area contributed by atoms with Crippen molar-refractivity contribution in [2.24, 2.45) is 11.3 Å². The molecule has 0 spiro atoms. The van der Waals surface area contributed by atoms with Gasteiger partial charge in [0.15, 0.2) is 0 Å². The maximum atomic E-state index is 12.7. The first-order valence-corrected chi connectivity index (χ1v) is 12.1. The van der Waals surface area contributed by atoms with Gasteiger partial charge in [-0.3, -0.25) is 9.59 Å². The fourth-order valence-corrected chi connectivity index (χ4v) is 3.47. The number of esters is 1. The minimum Gasteiger partial charge on any atom is -0.458 e. The Bertz CT molecular complexity index is 890. The van der Waals surface area contributed by atoms with E-state index in [4.69, 9.17) is 4.74 Å². The number of carbonyl (C=O) groups excluding carboxylic acids is 3. The molecule has 0 saturated carbocycles. The smallest absolute Gasteiger partial charge is 0.333 e. The number of amides is 2. The van der Waals surface area contributed by atoms with Crippen LogP contribution in [-0.4, -0.2) is 41.1 Å². The van der Waals surface area contributed by atoms with Gasteiger partial charge in [0.2, 0.25) is 11.8 Å². The van der Waals surface area contributed by atoms with Crippen molar-refractivity contribution in [3.63, 3.8) is 0 Å². The second kappa shape index (κ2) is 14.5. The van der Waals surface area contributed by atoms with Crippen LogP contribution in [0.3, 0.4) is 0 Å². The Balaban J connectivity index is 2.69. The van der Waals surface area contributed by atoms with E-state index in [1.165, 1.54) is 12.3 Å². The standard InChI is InChI=1S/C28H42N2O5/c1-8-9-11-22(31)12-10-17-29-26(33)25(28(5,6)7)30-24(32)16-13-19(2)18-21(4)23-15-14-20(3)27(34)35-23/h8-10,13-14,16-18,21-23,25,31H,11-12,15H2,1-7H3,(H,29,33)(H,30,32)/b9-8-,16-13-,17-10-,19-18+/t21-,22-,23-,25+/m0/s1. The molecule has 0 aliphatic carbocycles. The largest absolute Gasteiger partial charge is 0.458 e. The van der Waals surface area contributed by atoms with E-state index in [0.29, 0.717) is 24.8 Å². The van der Waals surface area contributed by atoms with Crippen molar-refractivity contribution < 1.29 is 24.2 Å². The molecule has 0 fully saturated rings. The number of allylic oxidation sites excluding steroid dienone is 3. The van der Waals surface area contributed by atoms with E-state index >= 15 is 0 Å². The second-order valence-electron chi connectivity index (χ2n) is 10.1. The summed E-state index contributed by atoms with van der Waals surface area (Å²) in [6.07, 6.45) is 14.8. The van der Waals surface area contributed by atoms with Crippen molar-refractivity contribution in [2.75, 3.05) is 0 Å². The molecule has 194 valence electrons. The SMILES string of the molecule is C/C=C\C[C@H](O)C/C=C\NC(=O)[C@@H](NC(=O)/C=C\C(C)=C\[C@H](C)[C@@H]1CC=C(C)C(=O)O1)C(C)(C)C. The van der Waals surface area contributed by atoms with Crippen LogP contribution in [0.2, 0.25) is 0 Å². The maximum absolute atomic E-state index is 12.7. The van der Waals surface area contributed by atoms with Crippen LogP contribution in [0.25, 0.3) is 0 Å². The number of nitrogens with one attached hydrogen (secondary N) is 2. The van der Waals surface area contributed by atoms with Gasteiger partial charge in [0, 0.05) is 24.0 Å². The minimum atomic E-state index is -0.753. The highest BCUT2D eigenvalue weighted by Crippen LogP contribution is 2.22. The Morgan fingerprint density at radius 3 is 2.49 bits per heavy atom. The number of hydrogen-bond donors (Lipinski definition) is 3. The quantitative estimate of drug-likeness (QED) is 0.175. The molecule has 0 unspecified atom stereocenters. The van der Waals surface area contributed by atoms with E-state index < -0.39 is 17.6 Å². The molecule has 7 nitrogen and oxygen atoms in total. The summed E-state index contributed by atoms with van der Waals surface area (Å²) in [5, 5.41) is 15.3. The summed E-state index contributed by atoms with van der Waals surface area (Å²) in [4.78, 5) is 37.0. The highest BCUT2D eigenvalue weighted by atomic mass is 16.5. The van der Waals surface area contributed by atoms with Crippen LogP contribution in [0, 0.1) is 11.3 Å². The molecule has 1 aliphatic heterocycles. The zero-order chi connectivity index (χ0) is 26.6. The number of carbonyl (C=O) groups is 3. The van der Waals surface area contributed by atoms with Gasteiger partial charge < -0.3 is 20.5 Å². The van der Waals surface area contributed by atoms with Gasteiger partial charge in [-0.15, -0.1) is 0 Å². The third kappa shape index (κ3) is 11.4. The van der Waals surface area contributed by atoms with Gasteiger partial charge in [-0.2, -0.15) is 0 Å². The number of ether oxygens (including phenoxy) is 1. The van der Waals surface area contributed by atoms with Gasteiger partial charge in [0.05, 0.1) is 6.10 Å². The van der Waals surface area contributed by atoms with Crippen LogP contribution in [-0.2, 0) is 19.1 Å². The lowest BCUT2D eigenvalue weighted by Gasteiger charge is -2.29. The fraction of sp³-hybridized carbons (Fsp3) is 0.536. The Morgan fingerprint density at radius 2 is 1.89 bits per heavy atom. The number of hydrogen-bond acceptors (Lipinski definition) is 5. The summed E-state index contributed by atoms with van der Waals surface area (Å²) in [5.41, 5.74) is 0.967. The Hall–Kier alpha value is -2.93. The van der Waals surface area contributed by atoms with Crippen LogP contribution in [0.4, 0.5) is 0 Å². The van der Waals surface area contributed by atoms with Crippen molar-refractivity contribution in [1.29, 1.82) is 0 Å². The summed E-state index contributed by atoms with van der Waals surface area (Å²) in [6.45, 7) is 13.1.